The van der Waals surface area contributed by atoms with E-state index in [1.165, 1.54) is 35.0 Å². The first kappa shape index (κ1) is 12.0. The maximum absolute atomic E-state index is 8.65. The van der Waals surface area contributed by atoms with E-state index >= 15 is 0 Å². The normalized spacial score (nSPS) is 9.56. The molecule has 0 spiro atoms. The number of phenolic OH excluding ortho intramolecular Hbond substituents is 2. The maximum Gasteiger partial charge on any atom is 0.115 e. The van der Waals surface area contributed by atoms with Crippen LogP contribution in [0.15, 0.2) is 72.8 Å². The van der Waals surface area contributed by atoms with Crippen LogP contribution in [0, 0.1) is 0 Å². The highest BCUT2D eigenvalue weighted by atomic mass is 16.3. The summed E-state index contributed by atoms with van der Waals surface area (Å²) in [5, 5.41) is 19.9. The standard InChI is InChI=1S/C10H8.C6H6O2/c1-2-6-10-8-4-3-7-9(10)5-1;7-5-1-2-6(8)4-3-5/h1-8H;1-4,7-8H. The lowest BCUT2D eigenvalue weighted by Crippen LogP contribution is -1.67. The Hall–Kier alpha value is -2.48. The predicted molar refractivity (Wildman–Crippen MR) is 73.7 cm³/mol. The van der Waals surface area contributed by atoms with Gasteiger partial charge in [-0.05, 0) is 35.0 Å². The molecule has 0 saturated heterocycles. The lowest BCUT2D eigenvalue weighted by molar-refractivity contribution is 0.460. The summed E-state index contributed by atoms with van der Waals surface area (Å²) in [4.78, 5) is 0. The van der Waals surface area contributed by atoms with Gasteiger partial charge in [0.2, 0.25) is 0 Å². The van der Waals surface area contributed by atoms with Crippen LogP contribution in [-0.4, -0.2) is 10.2 Å². The molecule has 3 aromatic carbocycles. The smallest absolute Gasteiger partial charge is 0.115 e. The lowest BCUT2D eigenvalue weighted by atomic mass is 10.1. The van der Waals surface area contributed by atoms with E-state index in [0.717, 1.165) is 0 Å². The van der Waals surface area contributed by atoms with E-state index in [9.17, 15) is 0 Å². The van der Waals surface area contributed by atoms with Crippen LogP contribution in [0.5, 0.6) is 11.5 Å². The Morgan fingerprint density at radius 3 is 1.00 bits per heavy atom. The highest BCUT2D eigenvalue weighted by Gasteiger charge is 1.85. The second kappa shape index (κ2) is 5.73. The van der Waals surface area contributed by atoms with Crippen molar-refractivity contribution in [3.8, 4) is 11.5 Å². The lowest BCUT2D eigenvalue weighted by Gasteiger charge is -1.92. The molecule has 0 aliphatic heterocycles. The molecule has 2 nitrogen and oxygen atoms in total. The predicted octanol–water partition coefficient (Wildman–Crippen LogP) is 3.94. The van der Waals surface area contributed by atoms with Crippen LogP contribution >= 0.6 is 0 Å². The van der Waals surface area contributed by atoms with Crippen molar-refractivity contribution in [3.05, 3.63) is 72.8 Å². The van der Waals surface area contributed by atoms with Crippen molar-refractivity contribution >= 4 is 10.8 Å². The molecule has 2 heteroatoms. The summed E-state index contributed by atoms with van der Waals surface area (Å²) in [6.45, 7) is 0. The molecule has 2 N–H and O–H groups in total. The zero-order valence-corrected chi connectivity index (χ0v) is 9.82. The minimum absolute atomic E-state index is 0.169. The number of hydrogen-bond acceptors (Lipinski definition) is 2. The van der Waals surface area contributed by atoms with Gasteiger partial charge < -0.3 is 10.2 Å². The van der Waals surface area contributed by atoms with Crippen molar-refractivity contribution in [2.24, 2.45) is 0 Å². The van der Waals surface area contributed by atoms with E-state index in [2.05, 4.69) is 48.5 Å². The molecule has 0 aliphatic rings. The van der Waals surface area contributed by atoms with Gasteiger partial charge in [-0.3, -0.25) is 0 Å². The number of benzene rings is 3. The highest BCUT2D eigenvalue weighted by molar-refractivity contribution is 5.81. The minimum atomic E-state index is 0.169. The van der Waals surface area contributed by atoms with Crippen LogP contribution in [0.2, 0.25) is 0 Å². The summed E-state index contributed by atoms with van der Waals surface area (Å²) in [6, 6.07) is 22.4. The van der Waals surface area contributed by atoms with Gasteiger partial charge in [0.05, 0.1) is 0 Å². The van der Waals surface area contributed by atoms with E-state index in [1.54, 1.807) is 0 Å². The Balaban J connectivity index is 0.000000138. The number of rotatable bonds is 0. The van der Waals surface area contributed by atoms with Crippen LogP contribution in [0.25, 0.3) is 10.8 Å². The Labute approximate surface area is 106 Å². The molecule has 0 heterocycles. The Morgan fingerprint density at radius 2 is 0.722 bits per heavy atom. The monoisotopic (exact) mass is 238 g/mol. The number of phenols is 2. The first-order valence-corrected chi connectivity index (χ1v) is 5.67. The number of fused-ring (bicyclic) bond motifs is 1. The van der Waals surface area contributed by atoms with E-state index in [4.69, 9.17) is 10.2 Å². The van der Waals surface area contributed by atoms with Crippen molar-refractivity contribution in [2.75, 3.05) is 0 Å². The molecule has 0 bridgehead atoms. The summed E-state index contributed by atoms with van der Waals surface area (Å²) in [5.74, 6) is 0.339. The Morgan fingerprint density at radius 1 is 0.444 bits per heavy atom. The van der Waals surface area contributed by atoms with Crippen LogP contribution in [0.4, 0.5) is 0 Å². The molecule has 0 atom stereocenters. The quantitative estimate of drug-likeness (QED) is 0.582. The fourth-order valence-corrected chi connectivity index (χ4v) is 1.59. The zero-order valence-electron chi connectivity index (χ0n) is 9.82. The summed E-state index contributed by atoms with van der Waals surface area (Å²) < 4.78 is 0. The van der Waals surface area contributed by atoms with Crippen molar-refractivity contribution < 1.29 is 10.2 Å². The van der Waals surface area contributed by atoms with Gasteiger partial charge >= 0.3 is 0 Å². The topological polar surface area (TPSA) is 40.5 Å². The average Bonchev–Trinajstić information content (AvgIpc) is 2.43. The van der Waals surface area contributed by atoms with Crippen LogP contribution in [-0.2, 0) is 0 Å². The molecule has 0 unspecified atom stereocenters. The first-order valence-electron chi connectivity index (χ1n) is 5.67. The summed E-state index contributed by atoms with van der Waals surface area (Å²) >= 11 is 0. The van der Waals surface area contributed by atoms with Crippen LogP contribution in [0.3, 0.4) is 0 Å². The molecule has 0 amide bonds. The van der Waals surface area contributed by atoms with Crippen LogP contribution < -0.4 is 0 Å². The van der Waals surface area contributed by atoms with Gasteiger partial charge in [0.15, 0.2) is 0 Å². The third-order valence-electron chi connectivity index (χ3n) is 2.51. The third-order valence-corrected chi connectivity index (χ3v) is 2.51. The molecule has 18 heavy (non-hydrogen) atoms. The van der Waals surface area contributed by atoms with Gasteiger partial charge in [0, 0.05) is 0 Å². The van der Waals surface area contributed by atoms with Crippen molar-refractivity contribution in [2.45, 2.75) is 0 Å². The van der Waals surface area contributed by atoms with Gasteiger partial charge in [0.1, 0.15) is 11.5 Å². The van der Waals surface area contributed by atoms with Gasteiger partial charge in [-0.15, -0.1) is 0 Å². The SMILES string of the molecule is Oc1ccc(O)cc1.c1ccc2ccccc2c1. The van der Waals surface area contributed by atoms with Crippen molar-refractivity contribution in [1.82, 2.24) is 0 Å². The van der Waals surface area contributed by atoms with E-state index in [1.807, 2.05) is 0 Å². The molecule has 0 radical (unpaired) electrons. The second-order valence-corrected chi connectivity index (χ2v) is 3.86. The molecule has 90 valence electrons. The largest absolute Gasteiger partial charge is 0.508 e. The summed E-state index contributed by atoms with van der Waals surface area (Å²) in [6.07, 6.45) is 0. The molecule has 0 saturated carbocycles. The maximum atomic E-state index is 8.65. The number of aromatic hydroxyl groups is 2. The highest BCUT2D eigenvalue weighted by Crippen LogP contribution is 2.13. The van der Waals surface area contributed by atoms with Gasteiger partial charge in [-0.2, -0.15) is 0 Å². The first-order chi connectivity index (χ1) is 8.75. The molecule has 0 aliphatic carbocycles. The van der Waals surface area contributed by atoms with Crippen molar-refractivity contribution in [3.63, 3.8) is 0 Å². The van der Waals surface area contributed by atoms with Gasteiger partial charge in [0.25, 0.3) is 0 Å². The summed E-state index contributed by atoms with van der Waals surface area (Å²) in [7, 11) is 0. The summed E-state index contributed by atoms with van der Waals surface area (Å²) in [5.41, 5.74) is 0. The van der Waals surface area contributed by atoms with Crippen molar-refractivity contribution in [1.29, 1.82) is 0 Å². The molecule has 3 aromatic rings. The Kier molecular flexibility index (Phi) is 3.82. The van der Waals surface area contributed by atoms with E-state index in [0.29, 0.717) is 0 Å². The average molecular weight is 238 g/mol. The fraction of sp³-hybridized carbons (Fsp3) is 0. The second-order valence-electron chi connectivity index (χ2n) is 3.86. The molecule has 0 aromatic heterocycles. The van der Waals surface area contributed by atoms with Gasteiger partial charge in [-0.1, -0.05) is 48.5 Å². The van der Waals surface area contributed by atoms with E-state index < -0.39 is 0 Å². The molecule has 0 fully saturated rings. The zero-order chi connectivity index (χ0) is 12.8. The number of hydrogen-bond donors (Lipinski definition) is 2. The van der Waals surface area contributed by atoms with Gasteiger partial charge in [-0.25, -0.2) is 0 Å². The molecule has 3 rings (SSSR count). The van der Waals surface area contributed by atoms with Crippen LogP contribution in [0.1, 0.15) is 0 Å². The minimum Gasteiger partial charge on any atom is -0.508 e. The van der Waals surface area contributed by atoms with E-state index in [-0.39, 0.29) is 11.5 Å². The fourth-order valence-electron chi connectivity index (χ4n) is 1.59. The third kappa shape index (κ3) is 3.25. The molecular weight excluding hydrogens is 224 g/mol. The Bertz CT molecular complexity index is 529. The molecular formula is C16H14O2.